The van der Waals surface area contributed by atoms with Crippen LogP contribution in [0.15, 0.2) is 12.3 Å². The van der Waals surface area contributed by atoms with Crippen molar-refractivity contribution in [3.8, 4) is 5.75 Å². The van der Waals surface area contributed by atoms with Gasteiger partial charge in [0.25, 0.3) is 5.69 Å². The molecule has 0 bridgehead atoms. The van der Waals surface area contributed by atoms with E-state index >= 15 is 0 Å². The van der Waals surface area contributed by atoms with Crippen LogP contribution in [0, 0.1) is 6.92 Å². The highest BCUT2D eigenvalue weighted by Crippen LogP contribution is 2.14. The fraction of sp³-hybridized carbons (Fsp3) is 0.375. The topological polar surface area (TPSA) is 59.4 Å². The second-order valence-electron chi connectivity index (χ2n) is 2.58. The molecule has 1 rings (SSSR count). The summed E-state index contributed by atoms with van der Waals surface area (Å²) in [5, 5.41) is 9.36. The number of nitrogens with zero attached hydrogens (tertiary/aromatic N) is 1. The number of nitrogens with two attached hydrogens (primary N) is 1. The van der Waals surface area contributed by atoms with E-state index in [0.717, 1.165) is 10.3 Å². The van der Waals surface area contributed by atoms with Gasteiger partial charge in [0.15, 0.2) is 5.75 Å². The number of ether oxygens (including phenoxy) is 1. The first-order valence-electron chi connectivity index (χ1n) is 3.67. The van der Waals surface area contributed by atoms with Gasteiger partial charge in [0, 0.05) is 10.3 Å². The first-order chi connectivity index (χ1) is 5.69. The van der Waals surface area contributed by atoms with E-state index in [0.29, 0.717) is 11.4 Å². The van der Waals surface area contributed by atoms with Crippen LogP contribution in [0.2, 0.25) is 0 Å². The third-order valence-corrected chi connectivity index (χ3v) is 1.66. The van der Waals surface area contributed by atoms with Crippen LogP contribution in [-0.2, 0) is 6.54 Å². The Labute approximate surface area is 71.2 Å². The van der Waals surface area contributed by atoms with E-state index in [1.807, 2.05) is 13.0 Å². The summed E-state index contributed by atoms with van der Waals surface area (Å²) in [5.74, 6) is 0.611. The molecule has 0 spiro atoms. The summed E-state index contributed by atoms with van der Waals surface area (Å²) in [6.07, 6.45) is 1.59. The molecule has 0 atom stereocenters. The Morgan fingerprint density at radius 3 is 2.83 bits per heavy atom. The molecule has 4 heteroatoms. The van der Waals surface area contributed by atoms with Crippen LogP contribution in [0.1, 0.15) is 11.3 Å². The van der Waals surface area contributed by atoms with Crippen molar-refractivity contribution >= 4 is 0 Å². The highest BCUT2D eigenvalue weighted by molar-refractivity contribution is 5.26. The molecular weight excluding hydrogens is 156 g/mol. The first kappa shape index (κ1) is 8.80. The van der Waals surface area contributed by atoms with Gasteiger partial charge in [-0.05, 0) is 13.0 Å². The Balaban J connectivity index is 3.24. The molecule has 1 aromatic heterocycles. The normalized spacial score (nSPS) is 9.92. The lowest BCUT2D eigenvalue weighted by atomic mass is 10.2. The summed E-state index contributed by atoms with van der Waals surface area (Å²) in [7, 11) is 1.55. The van der Waals surface area contributed by atoms with Gasteiger partial charge in [0.05, 0.1) is 13.7 Å². The van der Waals surface area contributed by atoms with Gasteiger partial charge in [-0.3, -0.25) is 5.21 Å². The Hall–Kier alpha value is -1.29. The fourth-order valence-electron chi connectivity index (χ4n) is 1.08. The molecule has 3 N–H and O–H groups in total. The zero-order chi connectivity index (χ0) is 9.14. The Bertz CT molecular complexity index is 287. The number of methoxy groups -OCH3 is 1. The highest BCUT2D eigenvalue weighted by atomic mass is 16.5. The van der Waals surface area contributed by atoms with Gasteiger partial charge in [-0.2, -0.15) is 0 Å². The van der Waals surface area contributed by atoms with Gasteiger partial charge >= 0.3 is 0 Å². The average Bonchev–Trinajstić information content (AvgIpc) is 2.03. The van der Waals surface area contributed by atoms with E-state index in [1.165, 1.54) is 0 Å². The van der Waals surface area contributed by atoms with Crippen molar-refractivity contribution in [1.29, 1.82) is 0 Å². The maximum Gasteiger partial charge on any atom is 0.288 e. The van der Waals surface area contributed by atoms with E-state index in [1.54, 1.807) is 13.3 Å². The minimum absolute atomic E-state index is 0.250. The monoisotopic (exact) mass is 169 g/mol. The number of rotatable bonds is 2. The molecule has 0 amide bonds. The number of pyridine rings is 1. The Morgan fingerprint density at radius 1 is 1.67 bits per heavy atom. The minimum atomic E-state index is 0.250. The van der Waals surface area contributed by atoms with Gasteiger partial charge in [-0.1, -0.05) is 0 Å². The Kier molecular flexibility index (Phi) is 2.50. The quantitative estimate of drug-likeness (QED) is 0.483. The maximum absolute atomic E-state index is 9.36. The van der Waals surface area contributed by atoms with Gasteiger partial charge < -0.3 is 10.5 Å². The van der Waals surface area contributed by atoms with Crippen LogP contribution in [0.5, 0.6) is 5.75 Å². The molecule has 0 saturated carbocycles. The van der Waals surface area contributed by atoms with Crippen LogP contribution >= 0.6 is 0 Å². The molecule has 0 aliphatic rings. The Morgan fingerprint density at radius 2 is 2.33 bits per heavy atom. The van der Waals surface area contributed by atoms with Gasteiger partial charge in [0.1, 0.15) is 0 Å². The lowest BCUT2D eigenvalue weighted by Crippen LogP contribution is -2.37. The van der Waals surface area contributed by atoms with Gasteiger partial charge in [-0.15, -0.1) is 0 Å². The van der Waals surface area contributed by atoms with Crippen LogP contribution in [0.25, 0.3) is 0 Å². The van der Waals surface area contributed by atoms with E-state index < -0.39 is 0 Å². The molecule has 0 unspecified atom stereocenters. The lowest BCUT2D eigenvalue weighted by Gasteiger charge is -2.02. The summed E-state index contributed by atoms with van der Waals surface area (Å²) in [6.45, 7) is 2.12. The molecular formula is C8H13N2O2+. The zero-order valence-electron chi connectivity index (χ0n) is 7.24. The molecule has 1 aromatic rings. The molecule has 0 saturated heterocycles. The summed E-state index contributed by atoms with van der Waals surface area (Å²) >= 11 is 0. The standard InChI is InChI=1S/C8H13N2O2/c1-6-3-8(12-2)7(4-9)10(11)5-6/h3,5,11H,4,9H2,1-2H3/q+1. The van der Waals surface area contributed by atoms with Crippen molar-refractivity contribution < 1.29 is 14.7 Å². The van der Waals surface area contributed by atoms with Gasteiger partial charge in [0.2, 0.25) is 6.20 Å². The predicted molar refractivity (Wildman–Crippen MR) is 43.0 cm³/mol. The molecule has 66 valence electrons. The number of hydrogen-bond acceptors (Lipinski definition) is 3. The smallest absolute Gasteiger partial charge is 0.288 e. The molecule has 0 aliphatic carbocycles. The maximum atomic E-state index is 9.36. The van der Waals surface area contributed by atoms with Crippen molar-refractivity contribution in [2.75, 3.05) is 7.11 Å². The second-order valence-corrected chi connectivity index (χ2v) is 2.58. The fourth-order valence-corrected chi connectivity index (χ4v) is 1.08. The second kappa shape index (κ2) is 3.40. The summed E-state index contributed by atoms with van der Waals surface area (Å²) in [6, 6.07) is 1.83. The molecule has 0 fully saturated rings. The van der Waals surface area contributed by atoms with Crippen LogP contribution < -0.4 is 15.2 Å². The van der Waals surface area contributed by atoms with Crippen molar-refractivity contribution in [2.24, 2.45) is 5.73 Å². The minimum Gasteiger partial charge on any atom is -0.490 e. The van der Waals surface area contributed by atoms with Crippen molar-refractivity contribution in [2.45, 2.75) is 13.5 Å². The first-order valence-corrected chi connectivity index (χ1v) is 3.67. The summed E-state index contributed by atoms with van der Waals surface area (Å²) < 4.78 is 6.03. The largest absolute Gasteiger partial charge is 0.490 e. The highest BCUT2D eigenvalue weighted by Gasteiger charge is 2.15. The van der Waals surface area contributed by atoms with E-state index in [2.05, 4.69) is 0 Å². The van der Waals surface area contributed by atoms with Crippen LogP contribution in [0.4, 0.5) is 0 Å². The van der Waals surface area contributed by atoms with Gasteiger partial charge in [-0.25, -0.2) is 0 Å². The molecule has 0 radical (unpaired) electrons. The molecule has 0 aliphatic heterocycles. The summed E-state index contributed by atoms with van der Waals surface area (Å²) in [5.41, 5.74) is 6.91. The molecule has 0 aromatic carbocycles. The predicted octanol–water partition coefficient (Wildman–Crippen LogP) is -0.0129. The third kappa shape index (κ3) is 1.48. The van der Waals surface area contributed by atoms with E-state index in [-0.39, 0.29) is 6.54 Å². The van der Waals surface area contributed by atoms with E-state index in [9.17, 15) is 5.21 Å². The van der Waals surface area contributed by atoms with Crippen molar-refractivity contribution in [3.63, 3.8) is 0 Å². The number of aryl methyl sites for hydroxylation is 1. The van der Waals surface area contributed by atoms with Crippen molar-refractivity contribution in [3.05, 3.63) is 23.5 Å². The molecule has 1 heterocycles. The average molecular weight is 169 g/mol. The lowest BCUT2D eigenvalue weighted by molar-refractivity contribution is -0.909. The SMILES string of the molecule is COc1cc(C)c[n+](O)c1CN. The third-order valence-electron chi connectivity index (χ3n) is 1.66. The van der Waals surface area contributed by atoms with Crippen molar-refractivity contribution in [1.82, 2.24) is 0 Å². The number of aromatic nitrogens is 1. The summed E-state index contributed by atoms with van der Waals surface area (Å²) in [4.78, 5) is 0. The zero-order valence-corrected chi connectivity index (χ0v) is 7.24. The number of hydrogen-bond donors (Lipinski definition) is 2. The van der Waals surface area contributed by atoms with Crippen LogP contribution in [0.3, 0.4) is 0 Å². The molecule has 12 heavy (non-hydrogen) atoms. The van der Waals surface area contributed by atoms with Crippen LogP contribution in [-0.4, -0.2) is 12.3 Å². The van der Waals surface area contributed by atoms with E-state index in [4.69, 9.17) is 10.5 Å². The molecule has 4 nitrogen and oxygen atoms in total.